The zero-order valence-corrected chi connectivity index (χ0v) is 13.8. The van der Waals surface area contributed by atoms with Crippen LogP contribution in [0.3, 0.4) is 0 Å². The van der Waals surface area contributed by atoms with Gasteiger partial charge in [0.15, 0.2) is 4.90 Å². The lowest BCUT2D eigenvalue weighted by Crippen LogP contribution is -2.43. The molecule has 0 bridgehead atoms. The lowest BCUT2D eigenvalue weighted by atomic mass is 9.82. The Bertz CT molecular complexity index is 858. The molecule has 2 N–H and O–H groups in total. The number of rotatable bonds is 3. The summed E-state index contributed by atoms with van der Waals surface area (Å²) in [4.78, 5) is 23.5. The summed E-state index contributed by atoms with van der Waals surface area (Å²) in [6.07, 6.45) is 1.07. The van der Waals surface area contributed by atoms with Gasteiger partial charge < -0.3 is 15.0 Å². The van der Waals surface area contributed by atoms with Crippen molar-refractivity contribution in [1.29, 1.82) is 0 Å². The van der Waals surface area contributed by atoms with Gasteiger partial charge in [-0.2, -0.15) is 4.31 Å². The second-order valence-electron chi connectivity index (χ2n) is 6.40. The molecule has 0 aromatic carbocycles. The van der Waals surface area contributed by atoms with E-state index in [1.165, 1.54) is 18.4 Å². The molecule has 9 nitrogen and oxygen atoms in total. The van der Waals surface area contributed by atoms with Crippen molar-refractivity contribution >= 4 is 10.0 Å². The fourth-order valence-corrected chi connectivity index (χ4v) is 5.20. The standard InChI is InChI=1S/C13H20N4O5S/c1-15-5-10(11(19)16(2)12(15)20)23(21,22)17-4-9-3-14-6-13(9,7-17)8-18/h5,9,14,18H,3-4,6-8H2,1-2H3. The van der Waals surface area contributed by atoms with E-state index in [1.54, 1.807) is 0 Å². The van der Waals surface area contributed by atoms with Crippen LogP contribution in [0.1, 0.15) is 0 Å². The maximum Gasteiger partial charge on any atom is 0.330 e. The molecule has 0 radical (unpaired) electrons. The highest BCUT2D eigenvalue weighted by atomic mass is 32.2. The average molecular weight is 344 g/mol. The van der Waals surface area contributed by atoms with Crippen molar-refractivity contribution in [2.75, 3.05) is 32.8 Å². The van der Waals surface area contributed by atoms with Gasteiger partial charge in [0.05, 0.1) is 6.61 Å². The lowest BCUT2D eigenvalue weighted by Gasteiger charge is -2.25. The summed E-state index contributed by atoms with van der Waals surface area (Å²) >= 11 is 0. The van der Waals surface area contributed by atoms with Gasteiger partial charge in [-0.25, -0.2) is 13.2 Å². The molecule has 1 aromatic heterocycles. The van der Waals surface area contributed by atoms with Gasteiger partial charge in [-0.3, -0.25) is 9.36 Å². The van der Waals surface area contributed by atoms with Gasteiger partial charge >= 0.3 is 5.69 Å². The summed E-state index contributed by atoms with van der Waals surface area (Å²) in [6.45, 7) is 1.49. The number of aromatic nitrogens is 2. The van der Waals surface area contributed by atoms with Gasteiger partial charge in [0.1, 0.15) is 0 Å². The van der Waals surface area contributed by atoms with E-state index >= 15 is 0 Å². The number of hydrogen-bond donors (Lipinski definition) is 2. The average Bonchev–Trinajstić information content (AvgIpc) is 3.06. The van der Waals surface area contributed by atoms with Gasteiger partial charge in [-0.15, -0.1) is 0 Å². The zero-order chi connectivity index (χ0) is 17.0. The largest absolute Gasteiger partial charge is 0.396 e. The summed E-state index contributed by atoms with van der Waals surface area (Å²) in [5, 5.41) is 12.9. The highest BCUT2D eigenvalue weighted by Gasteiger charge is 2.52. The minimum Gasteiger partial charge on any atom is -0.396 e. The molecule has 0 spiro atoms. The minimum absolute atomic E-state index is 0.0126. The minimum atomic E-state index is -4.02. The van der Waals surface area contributed by atoms with E-state index in [1.807, 2.05) is 0 Å². The van der Waals surface area contributed by atoms with Crippen LogP contribution in [0, 0.1) is 11.3 Å². The van der Waals surface area contributed by atoms with E-state index < -0.39 is 31.6 Å². The van der Waals surface area contributed by atoms with Gasteiger partial charge in [0, 0.05) is 45.3 Å². The smallest absolute Gasteiger partial charge is 0.330 e. The first-order valence-corrected chi connectivity index (χ1v) is 8.75. The van der Waals surface area contributed by atoms with Crippen molar-refractivity contribution in [1.82, 2.24) is 18.8 Å². The van der Waals surface area contributed by atoms with Crippen LogP contribution in [0.15, 0.2) is 20.7 Å². The van der Waals surface area contributed by atoms with Gasteiger partial charge in [0.2, 0.25) is 10.0 Å². The zero-order valence-electron chi connectivity index (χ0n) is 13.0. The van der Waals surface area contributed by atoms with Crippen LogP contribution in [-0.4, -0.2) is 59.7 Å². The number of hydrogen-bond acceptors (Lipinski definition) is 6. The highest BCUT2D eigenvalue weighted by Crippen LogP contribution is 2.40. The summed E-state index contributed by atoms with van der Waals surface area (Å²) in [5.41, 5.74) is -1.91. The van der Waals surface area contributed by atoms with Crippen LogP contribution < -0.4 is 16.6 Å². The van der Waals surface area contributed by atoms with Gasteiger partial charge in [-0.05, 0) is 12.5 Å². The maximum absolute atomic E-state index is 12.9. The monoisotopic (exact) mass is 344 g/mol. The third-order valence-corrected chi connectivity index (χ3v) is 6.79. The number of sulfonamides is 1. The molecule has 3 heterocycles. The molecule has 2 aliphatic heterocycles. The molecule has 2 fully saturated rings. The predicted octanol–water partition coefficient (Wildman–Crippen LogP) is -2.71. The van der Waals surface area contributed by atoms with Gasteiger partial charge in [-0.1, -0.05) is 0 Å². The van der Waals surface area contributed by atoms with Crippen LogP contribution in [-0.2, 0) is 24.1 Å². The molecule has 0 amide bonds. The number of fused-ring (bicyclic) bond motifs is 1. The Morgan fingerprint density at radius 3 is 2.70 bits per heavy atom. The molecule has 1 aromatic rings. The third-order valence-electron chi connectivity index (χ3n) is 5.00. The van der Waals surface area contributed by atoms with Crippen LogP contribution >= 0.6 is 0 Å². The molecule has 128 valence electrons. The quantitative estimate of drug-likeness (QED) is 0.616. The molecule has 2 atom stereocenters. The van der Waals surface area contributed by atoms with Gasteiger partial charge in [0.25, 0.3) is 5.56 Å². The first kappa shape index (κ1) is 16.4. The van der Waals surface area contributed by atoms with E-state index in [4.69, 9.17) is 0 Å². The Morgan fingerprint density at radius 2 is 2.09 bits per heavy atom. The van der Waals surface area contributed by atoms with Crippen molar-refractivity contribution in [3.8, 4) is 0 Å². The molecular formula is C13H20N4O5S. The maximum atomic E-state index is 12.9. The molecule has 0 aliphatic carbocycles. The molecular weight excluding hydrogens is 324 g/mol. The van der Waals surface area contributed by atoms with E-state index in [0.29, 0.717) is 13.1 Å². The first-order valence-electron chi connectivity index (χ1n) is 7.31. The second-order valence-corrected chi connectivity index (χ2v) is 8.30. The lowest BCUT2D eigenvalue weighted by molar-refractivity contribution is 0.130. The fourth-order valence-electron chi connectivity index (χ4n) is 3.47. The summed E-state index contributed by atoms with van der Waals surface area (Å²) in [5.74, 6) is 0.0126. The molecule has 10 heteroatoms. The Hall–Kier alpha value is -1.49. The summed E-state index contributed by atoms with van der Waals surface area (Å²) in [7, 11) is -1.37. The Balaban J connectivity index is 2.05. The SMILES string of the molecule is Cn1cc(S(=O)(=O)N2CC3CNCC3(CO)C2)c(=O)n(C)c1=O. The topological polar surface area (TPSA) is 114 Å². The van der Waals surface area contributed by atoms with Crippen LogP contribution in [0.25, 0.3) is 0 Å². The Labute approximate surface area is 133 Å². The van der Waals surface area contributed by atoms with Crippen LogP contribution in [0.4, 0.5) is 0 Å². The van der Waals surface area contributed by atoms with Crippen molar-refractivity contribution in [3.63, 3.8) is 0 Å². The molecule has 2 aliphatic rings. The highest BCUT2D eigenvalue weighted by molar-refractivity contribution is 7.89. The normalized spacial score (nSPS) is 28.2. The third kappa shape index (κ3) is 2.28. The number of aliphatic hydroxyl groups excluding tert-OH is 1. The number of nitrogens with zero attached hydrogens (tertiary/aromatic N) is 3. The van der Waals surface area contributed by atoms with Crippen LogP contribution in [0.5, 0.6) is 0 Å². The summed E-state index contributed by atoms with van der Waals surface area (Å²) < 4.78 is 28.8. The first-order chi connectivity index (χ1) is 10.7. The molecule has 23 heavy (non-hydrogen) atoms. The van der Waals surface area contributed by atoms with E-state index in [0.717, 1.165) is 15.3 Å². The predicted molar refractivity (Wildman–Crippen MR) is 81.6 cm³/mol. The Kier molecular flexibility index (Phi) is 3.75. The number of aryl methyl sites for hydroxylation is 1. The van der Waals surface area contributed by atoms with Crippen molar-refractivity contribution in [2.24, 2.45) is 25.4 Å². The van der Waals surface area contributed by atoms with E-state index in [9.17, 15) is 23.1 Å². The fraction of sp³-hybridized carbons (Fsp3) is 0.692. The number of aliphatic hydroxyl groups is 1. The van der Waals surface area contributed by atoms with Crippen LogP contribution in [0.2, 0.25) is 0 Å². The second kappa shape index (κ2) is 5.26. The van der Waals surface area contributed by atoms with Crippen molar-refractivity contribution in [3.05, 3.63) is 27.0 Å². The summed E-state index contributed by atoms with van der Waals surface area (Å²) in [6, 6.07) is 0. The number of nitrogens with one attached hydrogen (secondary N) is 1. The molecule has 2 saturated heterocycles. The molecule has 2 unspecified atom stereocenters. The van der Waals surface area contributed by atoms with Crippen molar-refractivity contribution in [2.45, 2.75) is 4.90 Å². The molecule has 0 saturated carbocycles. The van der Waals surface area contributed by atoms with E-state index in [-0.39, 0.29) is 25.6 Å². The molecule has 3 rings (SSSR count). The van der Waals surface area contributed by atoms with Crippen molar-refractivity contribution < 1.29 is 13.5 Å². The van der Waals surface area contributed by atoms with E-state index in [2.05, 4.69) is 5.32 Å². The Morgan fingerprint density at radius 1 is 1.39 bits per heavy atom.